The third kappa shape index (κ3) is 3.25. The molecule has 0 amide bonds. The Morgan fingerprint density at radius 2 is 1.47 bits per heavy atom. The predicted molar refractivity (Wildman–Crippen MR) is 68.2 cm³/mol. The zero-order valence-corrected chi connectivity index (χ0v) is 9.85. The molecule has 0 N–H and O–H groups in total. The number of ether oxygens (including phenoxy) is 2. The molecule has 0 heterocycles. The van der Waals surface area contributed by atoms with E-state index in [0.29, 0.717) is 6.61 Å². The maximum Gasteiger partial charge on any atom is 0.120 e. The van der Waals surface area contributed by atoms with Crippen LogP contribution >= 0.6 is 0 Å². The maximum atomic E-state index is 5.66. The first-order chi connectivity index (χ1) is 8.28. The van der Waals surface area contributed by atoms with Gasteiger partial charge >= 0.3 is 0 Å². The molecule has 0 saturated heterocycles. The highest BCUT2D eigenvalue weighted by molar-refractivity contribution is 5.31. The minimum absolute atomic E-state index is 0.562. The summed E-state index contributed by atoms with van der Waals surface area (Å²) in [7, 11) is 1.65. The van der Waals surface area contributed by atoms with E-state index in [1.54, 1.807) is 7.11 Å². The Balaban J connectivity index is 1.95. The van der Waals surface area contributed by atoms with Crippen LogP contribution in [0.15, 0.2) is 48.5 Å². The smallest absolute Gasteiger partial charge is 0.120 e. The molecule has 2 aromatic rings. The molecule has 2 aromatic carbocycles. The molecule has 0 fully saturated rings. The van der Waals surface area contributed by atoms with Crippen molar-refractivity contribution in [2.45, 2.75) is 6.61 Å². The highest BCUT2D eigenvalue weighted by Gasteiger charge is 1.96. The fourth-order valence-corrected chi connectivity index (χ4v) is 1.47. The van der Waals surface area contributed by atoms with E-state index in [1.165, 1.54) is 0 Å². The van der Waals surface area contributed by atoms with E-state index < -0.39 is 0 Å². The Kier molecular flexibility index (Phi) is 3.66. The standard InChI is InChI=1S/C15H15O2/c1-12-3-5-13(6-4-12)11-17-15-9-7-14(16-2)8-10-15/h3-10H,1,11H2,2H3. The summed E-state index contributed by atoms with van der Waals surface area (Å²) >= 11 is 0. The van der Waals surface area contributed by atoms with Gasteiger partial charge < -0.3 is 9.47 Å². The van der Waals surface area contributed by atoms with Crippen LogP contribution in [0.25, 0.3) is 0 Å². The van der Waals surface area contributed by atoms with Crippen LogP contribution in [0, 0.1) is 6.92 Å². The van der Waals surface area contributed by atoms with Crippen molar-refractivity contribution in [1.29, 1.82) is 0 Å². The molecule has 0 aromatic heterocycles. The lowest BCUT2D eigenvalue weighted by Crippen LogP contribution is -1.95. The normalized spacial score (nSPS) is 10.0. The summed E-state index contributed by atoms with van der Waals surface area (Å²) in [5.41, 5.74) is 2.14. The van der Waals surface area contributed by atoms with Crippen LogP contribution in [-0.4, -0.2) is 7.11 Å². The SMILES string of the molecule is [CH2]c1ccc(COc2ccc(OC)cc2)cc1. The molecule has 0 spiro atoms. The molecule has 2 nitrogen and oxygen atoms in total. The van der Waals surface area contributed by atoms with Crippen LogP contribution in [0.2, 0.25) is 0 Å². The molecule has 0 atom stereocenters. The fraction of sp³-hybridized carbons (Fsp3) is 0.133. The van der Waals surface area contributed by atoms with Gasteiger partial charge in [-0.3, -0.25) is 0 Å². The number of hydrogen-bond acceptors (Lipinski definition) is 2. The summed E-state index contributed by atoms with van der Waals surface area (Å²) < 4.78 is 10.7. The minimum atomic E-state index is 0.562. The third-order valence-electron chi connectivity index (χ3n) is 2.49. The average Bonchev–Trinajstić information content (AvgIpc) is 2.39. The topological polar surface area (TPSA) is 18.5 Å². The molecule has 2 rings (SSSR count). The van der Waals surface area contributed by atoms with Crippen molar-refractivity contribution in [2.24, 2.45) is 0 Å². The number of methoxy groups -OCH3 is 1. The summed E-state index contributed by atoms with van der Waals surface area (Å²) in [5.74, 6) is 1.67. The number of benzene rings is 2. The van der Waals surface area contributed by atoms with Crippen LogP contribution in [0.5, 0.6) is 11.5 Å². The van der Waals surface area contributed by atoms with Crippen LogP contribution in [0.3, 0.4) is 0 Å². The minimum Gasteiger partial charge on any atom is -0.497 e. The zero-order valence-electron chi connectivity index (χ0n) is 9.85. The van der Waals surface area contributed by atoms with Crippen molar-refractivity contribution in [1.82, 2.24) is 0 Å². The second-order valence-electron chi connectivity index (χ2n) is 3.78. The molecule has 0 unspecified atom stereocenters. The summed E-state index contributed by atoms with van der Waals surface area (Å²) in [4.78, 5) is 0. The Bertz CT molecular complexity index is 457. The first kappa shape index (κ1) is 11.5. The van der Waals surface area contributed by atoms with Gasteiger partial charge in [0.15, 0.2) is 0 Å². The molecular weight excluding hydrogens is 212 g/mol. The number of hydrogen-bond donors (Lipinski definition) is 0. The van der Waals surface area contributed by atoms with E-state index in [-0.39, 0.29) is 0 Å². The van der Waals surface area contributed by atoms with Crippen LogP contribution in [0.4, 0.5) is 0 Å². The van der Waals surface area contributed by atoms with Crippen molar-refractivity contribution in [3.63, 3.8) is 0 Å². The van der Waals surface area contributed by atoms with E-state index in [1.807, 2.05) is 48.5 Å². The summed E-state index contributed by atoms with van der Waals surface area (Å²) in [6.07, 6.45) is 0. The van der Waals surface area contributed by atoms with E-state index in [9.17, 15) is 0 Å². The molecule has 0 aliphatic heterocycles. The van der Waals surface area contributed by atoms with Gasteiger partial charge in [-0.15, -0.1) is 0 Å². The van der Waals surface area contributed by atoms with Gasteiger partial charge in [-0.2, -0.15) is 0 Å². The van der Waals surface area contributed by atoms with E-state index in [0.717, 1.165) is 22.6 Å². The van der Waals surface area contributed by atoms with Crippen LogP contribution in [0.1, 0.15) is 11.1 Å². The molecular formula is C15H15O2. The van der Waals surface area contributed by atoms with Gasteiger partial charge in [0.05, 0.1) is 7.11 Å². The predicted octanol–water partition coefficient (Wildman–Crippen LogP) is 3.46. The largest absolute Gasteiger partial charge is 0.497 e. The lowest BCUT2D eigenvalue weighted by atomic mass is 10.2. The molecule has 87 valence electrons. The average molecular weight is 227 g/mol. The second-order valence-corrected chi connectivity index (χ2v) is 3.78. The van der Waals surface area contributed by atoms with Gasteiger partial charge in [0.1, 0.15) is 18.1 Å². The lowest BCUT2D eigenvalue weighted by molar-refractivity contribution is 0.305. The summed E-state index contributed by atoms with van der Waals surface area (Å²) in [6, 6.07) is 15.6. The van der Waals surface area contributed by atoms with Gasteiger partial charge in [-0.05, 0) is 42.3 Å². The highest BCUT2D eigenvalue weighted by atomic mass is 16.5. The molecule has 0 aliphatic carbocycles. The van der Waals surface area contributed by atoms with Crippen molar-refractivity contribution >= 4 is 0 Å². The Morgan fingerprint density at radius 3 is 2.06 bits per heavy atom. The molecule has 0 bridgehead atoms. The maximum absolute atomic E-state index is 5.66. The summed E-state index contributed by atoms with van der Waals surface area (Å²) in [6.45, 7) is 4.41. The summed E-state index contributed by atoms with van der Waals surface area (Å²) in [5, 5.41) is 0. The zero-order chi connectivity index (χ0) is 12.1. The Labute approximate surface area is 102 Å². The van der Waals surface area contributed by atoms with Crippen molar-refractivity contribution in [3.05, 3.63) is 66.6 Å². The van der Waals surface area contributed by atoms with Gasteiger partial charge in [0, 0.05) is 0 Å². The van der Waals surface area contributed by atoms with E-state index >= 15 is 0 Å². The van der Waals surface area contributed by atoms with E-state index in [2.05, 4.69) is 6.92 Å². The van der Waals surface area contributed by atoms with Gasteiger partial charge in [-0.1, -0.05) is 24.3 Å². The number of rotatable bonds is 4. The van der Waals surface area contributed by atoms with Crippen molar-refractivity contribution in [2.75, 3.05) is 7.11 Å². The molecule has 1 radical (unpaired) electrons. The fourth-order valence-electron chi connectivity index (χ4n) is 1.47. The lowest BCUT2D eigenvalue weighted by Gasteiger charge is -2.07. The molecule has 2 heteroatoms. The Morgan fingerprint density at radius 1 is 0.882 bits per heavy atom. The molecule has 0 aliphatic rings. The van der Waals surface area contributed by atoms with Crippen LogP contribution < -0.4 is 9.47 Å². The first-order valence-corrected chi connectivity index (χ1v) is 5.46. The van der Waals surface area contributed by atoms with Crippen molar-refractivity contribution < 1.29 is 9.47 Å². The molecule has 17 heavy (non-hydrogen) atoms. The Hall–Kier alpha value is -1.96. The van der Waals surface area contributed by atoms with Gasteiger partial charge in [-0.25, -0.2) is 0 Å². The van der Waals surface area contributed by atoms with Gasteiger partial charge in [0.25, 0.3) is 0 Å². The first-order valence-electron chi connectivity index (χ1n) is 5.46. The second kappa shape index (κ2) is 5.39. The van der Waals surface area contributed by atoms with Gasteiger partial charge in [0.2, 0.25) is 0 Å². The highest BCUT2D eigenvalue weighted by Crippen LogP contribution is 2.18. The van der Waals surface area contributed by atoms with Crippen molar-refractivity contribution in [3.8, 4) is 11.5 Å². The molecule has 0 saturated carbocycles. The monoisotopic (exact) mass is 227 g/mol. The third-order valence-corrected chi connectivity index (χ3v) is 2.49. The quantitative estimate of drug-likeness (QED) is 0.796. The van der Waals surface area contributed by atoms with E-state index in [4.69, 9.17) is 9.47 Å². The van der Waals surface area contributed by atoms with Crippen LogP contribution in [-0.2, 0) is 6.61 Å².